The Morgan fingerprint density at radius 2 is 2.27 bits per heavy atom. The lowest BCUT2D eigenvalue weighted by Gasteiger charge is -2.29. The lowest BCUT2D eigenvalue weighted by molar-refractivity contribution is 0.0930. The van der Waals surface area contributed by atoms with Crippen molar-refractivity contribution in [3.63, 3.8) is 0 Å². The molecule has 4 atom stereocenters. The molecule has 1 heterocycles. The van der Waals surface area contributed by atoms with Crippen LogP contribution in [0.5, 0.6) is 0 Å². The van der Waals surface area contributed by atoms with E-state index in [9.17, 15) is 4.79 Å². The highest BCUT2D eigenvalue weighted by Crippen LogP contribution is 2.47. The molecular weight excluding hydrogens is 194 g/mol. The third-order valence-electron chi connectivity index (χ3n) is 4.21. The van der Waals surface area contributed by atoms with Crippen LogP contribution >= 0.6 is 0 Å². The largest absolute Gasteiger partial charge is 0.442 e. The first-order chi connectivity index (χ1) is 7.28. The van der Waals surface area contributed by atoms with Crippen molar-refractivity contribution in [2.45, 2.75) is 37.8 Å². The zero-order valence-corrected chi connectivity index (χ0v) is 8.76. The molecule has 0 spiro atoms. The number of aliphatic hydroxyl groups excluding tert-OH is 1. The highest BCUT2D eigenvalue weighted by molar-refractivity contribution is 5.70. The first kappa shape index (κ1) is 9.46. The molecule has 1 amide bonds. The standard InChI is InChI=1S/C11H17NO3/c13-6-9-5-12(11(14)15-9)10-4-7-1-2-8(10)3-7/h7-10,13H,1-6H2/t7?,8?,9-,10?/m1/s1. The number of aliphatic hydroxyl groups is 1. The minimum absolute atomic E-state index is 0.0525. The van der Waals surface area contributed by atoms with Gasteiger partial charge in [0.2, 0.25) is 0 Å². The van der Waals surface area contributed by atoms with E-state index in [1.54, 1.807) is 0 Å². The number of rotatable bonds is 2. The molecule has 0 aromatic heterocycles. The van der Waals surface area contributed by atoms with E-state index in [2.05, 4.69) is 0 Å². The van der Waals surface area contributed by atoms with Crippen molar-refractivity contribution in [3.05, 3.63) is 0 Å². The van der Waals surface area contributed by atoms with Gasteiger partial charge in [-0.15, -0.1) is 0 Å². The summed E-state index contributed by atoms with van der Waals surface area (Å²) in [5, 5.41) is 8.97. The molecule has 0 aromatic rings. The Morgan fingerprint density at radius 3 is 2.80 bits per heavy atom. The third-order valence-corrected chi connectivity index (χ3v) is 4.21. The second-order valence-corrected chi connectivity index (χ2v) is 5.08. The van der Waals surface area contributed by atoms with Gasteiger partial charge in [0, 0.05) is 6.04 Å². The van der Waals surface area contributed by atoms with E-state index in [4.69, 9.17) is 9.84 Å². The summed E-state index contributed by atoms with van der Waals surface area (Å²) in [4.78, 5) is 13.5. The fourth-order valence-electron chi connectivity index (χ4n) is 3.50. The summed E-state index contributed by atoms with van der Waals surface area (Å²) in [5.41, 5.74) is 0. The van der Waals surface area contributed by atoms with E-state index in [-0.39, 0.29) is 18.8 Å². The average molecular weight is 211 g/mol. The minimum Gasteiger partial charge on any atom is -0.442 e. The van der Waals surface area contributed by atoms with Crippen molar-refractivity contribution < 1.29 is 14.6 Å². The molecule has 3 aliphatic rings. The van der Waals surface area contributed by atoms with Gasteiger partial charge in [-0.1, -0.05) is 6.42 Å². The Hall–Kier alpha value is -0.770. The summed E-state index contributed by atoms with van der Waals surface area (Å²) < 4.78 is 5.08. The van der Waals surface area contributed by atoms with Crippen LogP contribution in [0, 0.1) is 11.8 Å². The molecule has 4 nitrogen and oxygen atoms in total. The number of carbonyl (C=O) groups excluding carboxylic acids is 1. The summed E-state index contributed by atoms with van der Waals surface area (Å²) in [6.07, 6.45) is 4.54. The van der Waals surface area contributed by atoms with Gasteiger partial charge in [-0.3, -0.25) is 0 Å². The van der Waals surface area contributed by atoms with Crippen molar-refractivity contribution in [1.29, 1.82) is 0 Å². The molecule has 84 valence electrons. The van der Waals surface area contributed by atoms with Crippen LogP contribution in [0.2, 0.25) is 0 Å². The van der Waals surface area contributed by atoms with Crippen LogP contribution in [0.3, 0.4) is 0 Å². The minimum atomic E-state index is -0.295. The molecule has 0 aromatic carbocycles. The molecular formula is C11H17NO3. The molecule has 15 heavy (non-hydrogen) atoms. The van der Waals surface area contributed by atoms with E-state index >= 15 is 0 Å². The van der Waals surface area contributed by atoms with Crippen LogP contribution < -0.4 is 0 Å². The van der Waals surface area contributed by atoms with Crippen LogP contribution in [0.15, 0.2) is 0 Å². The highest BCUT2D eigenvalue weighted by atomic mass is 16.6. The first-order valence-corrected chi connectivity index (χ1v) is 5.86. The van der Waals surface area contributed by atoms with E-state index in [0.717, 1.165) is 12.3 Å². The molecule has 3 unspecified atom stereocenters. The van der Waals surface area contributed by atoms with Crippen LogP contribution in [0.25, 0.3) is 0 Å². The average Bonchev–Trinajstić information content (AvgIpc) is 2.90. The number of ether oxygens (including phenoxy) is 1. The Bertz CT molecular complexity index is 281. The van der Waals surface area contributed by atoms with Crippen LogP contribution in [0.1, 0.15) is 25.7 Å². The Labute approximate surface area is 89.2 Å². The number of hydrogen-bond donors (Lipinski definition) is 1. The SMILES string of the molecule is O=C1O[C@@H](CO)CN1C1CC2CCC1C2. The number of nitrogens with zero attached hydrogens (tertiary/aromatic N) is 1. The van der Waals surface area contributed by atoms with Gasteiger partial charge in [0.15, 0.2) is 0 Å². The third kappa shape index (κ3) is 1.42. The molecule has 2 aliphatic carbocycles. The normalized spacial score (nSPS) is 43.8. The second-order valence-electron chi connectivity index (χ2n) is 5.08. The van der Waals surface area contributed by atoms with Gasteiger partial charge in [0.25, 0.3) is 0 Å². The molecule has 3 fully saturated rings. The molecule has 2 bridgehead atoms. The first-order valence-electron chi connectivity index (χ1n) is 5.86. The maximum atomic E-state index is 11.6. The van der Waals surface area contributed by atoms with Gasteiger partial charge >= 0.3 is 6.09 Å². The molecule has 3 rings (SSSR count). The van der Waals surface area contributed by atoms with Gasteiger partial charge in [-0.25, -0.2) is 4.79 Å². The molecule has 2 saturated carbocycles. The summed E-state index contributed by atoms with van der Waals surface area (Å²) in [5.74, 6) is 1.53. The predicted molar refractivity (Wildman–Crippen MR) is 53.3 cm³/mol. The topological polar surface area (TPSA) is 49.8 Å². The van der Waals surface area contributed by atoms with Gasteiger partial charge in [-0.2, -0.15) is 0 Å². The highest BCUT2D eigenvalue weighted by Gasteiger charge is 2.47. The van der Waals surface area contributed by atoms with Crippen molar-refractivity contribution in [2.24, 2.45) is 11.8 Å². The fourth-order valence-corrected chi connectivity index (χ4v) is 3.50. The summed E-state index contributed by atoms with van der Waals surface area (Å²) >= 11 is 0. The number of fused-ring (bicyclic) bond motifs is 2. The molecule has 1 aliphatic heterocycles. The van der Waals surface area contributed by atoms with Crippen LogP contribution in [-0.2, 0) is 4.74 Å². The van der Waals surface area contributed by atoms with E-state index in [1.165, 1.54) is 19.3 Å². The maximum absolute atomic E-state index is 11.6. The number of amides is 1. The quantitative estimate of drug-likeness (QED) is 0.741. The van der Waals surface area contributed by atoms with Crippen LogP contribution in [0.4, 0.5) is 4.79 Å². The second kappa shape index (κ2) is 3.37. The molecule has 4 heteroatoms. The molecule has 0 radical (unpaired) electrons. The van der Waals surface area contributed by atoms with Crippen molar-refractivity contribution in [1.82, 2.24) is 4.90 Å². The fraction of sp³-hybridized carbons (Fsp3) is 0.909. The zero-order valence-electron chi connectivity index (χ0n) is 8.76. The molecule has 1 N–H and O–H groups in total. The maximum Gasteiger partial charge on any atom is 0.410 e. The van der Waals surface area contributed by atoms with Gasteiger partial charge in [-0.05, 0) is 31.1 Å². The van der Waals surface area contributed by atoms with Gasteiger partial charge < -0.3 is 14.7 Å². The van der Waals surface area contributed by atoms with E-state index in [1.807, 2.05) is 4.90 Å². The Balaban J connectivity index is 1.70. The van der Waals surface area contributed by atoms with Crippen molar-refractivity contribution >= 4 is 6.09 Å². The van der Waals surface area contributed by atoms with Gasteiger partial charge in [0.05, 0.1) is 13.2 Å². The Kier molecular flexibility index (Phi) is 2.12. The van der Waals surface area contributed by atoms with E-state index in [0.29, 0.717) is 18.5 Å². The zero-order chi connectivity index (χ0) is 10.4. The van der Waals surface area contributed by atoms with E-state index < -0.39 is 0 Å². The smallest absolute Gasteiger partial charge is 0.410 e. The lowest BCUT2D eigenvalue weighted by Crippen LogP contribution is -2.40. The number of hydrogen-bond acceptors (Lipinski definition) is 3. The predicted octanol–water partition coefficient (Wildman–Crippen LogP) is 0.988. The summed E-state index contributed by atoms with van der Waals surface area (Å²) in [6.45, 7) is 0.534. The monoisotopic (exact) mass is 211 g/mol. The van der Waals surface area contributed by atoms with Crippen molar-refractivity contribution in [2.75, 3.05) is 13.2 Å². The lowest BCUT2D eigenvalue weighted by atomic mass is 9.94. The number of carbonyl (C=O) groups is 1. The van der Waals surface area contributed by atoms with Crippen molar-refractivity contribution in [3.8, 4) is 0 Å². The van der Waals surface area contributed by atoms with Gasteiger partial charge in [0.1, 0.15) is 6.10 Å². The Morgan fingerprint density at radius 1 is 1.40 bits per heavy atom. The number of cyclic esters (lactones) is 1. The molecule has 1 saturated heterocycles. The summed E-state index contributed by atoms with van der Waals surface area (Å²) in [7, 11) is 0. The summed E-state index contributed by atoms with van der Waals surface area (Å²) in [6, 6.07) is 0.396. The van der Waals surface area contributed by atoms with Crippen LogP contribution in [-0.4, -0.2) is 41.4 Å².